The van der Waals surface area contributed by atoms with Crippen molar-refractivity contribution < 1.29 is 23.8 Å². The molecule has 11 heteroatoms. The van der Waals surface area contributed by atoms with Gasteiger partial charge in [-0.1, -0.05) is 0 Å². The van der Waals surface area contributed by atoms with Gasteiger partial charge < -0.3 is 24.8 Å². The summed E-state index contributed by atoms with van der Waals surface area (Å²) in [7, 11) is 3.42. The number of carbonyl (C=O) groups excluding carboxylic acids is 2. The number of fused-ring (bicyclic) bond motifs is 1. The highest BCUT2D eigenvalue weighted by Gasteiger charge is 2.29. The molecule has 204 valence electrons. The Kier molecular flexibility index (Phi) is 7.86. The Morgan fingerprint density at radius 1 is 1.16 bits per heavy atom. The van der Waals surface area contributed by atoms with Gasteiger partial charge in [0, 0.05) is 49.6 Å². The lowest BCUT2D eigenvalue weighted by Gasteiger charge is -2.22. The first-order valence-corrected chi connectivity index (χ1v) is 12.7. The summed E-state index contributed by atoms with van der Waals surface area (Å²) in [5, 5.41) is 11.4. The summed E-state index contributed by atoms with van der Waals surface area (Å²) in [5.74, 6) is 0.789. The van der Waals surface area contributed by atoms with E-state index in [2.05, 4.69) is 25.7 Å². The van der Waals surface area contributed by atoms with Gasteiger partial charge in [-0.15, -0.1) is 0 Å². The molecule has 38 heavy (non-hydrogen) atoms. The second-order valence-electron chi connectivity index (χ2n) is 10.7. The first-order valence-electron chi connectivity index (χ1n) is 12.7. The monoisotopic (exact) mass is 524 g/mol. The number of nitrogens with zero attached hydrogens (tertiary/aromatic N) is 4. The number of benzene rings is 1. The second-order valence-corrected chi connectivity index (χ2v) is 10.7. The van der Waals surface area contributed by atoms with E-state index in [-0.39, 0.29) is 24.8 Å². The molecule has 2 atom stereocenters. The zero-order chi connectivity index (χ0) is 27.6. The highest BCUT2D eigenvalue weighted by Crippen LogP contribution is 2.36. The van der Waals surface area contributed by atoms with E-state index >= 15 is 0 Å². The Hall–Kier alpha value is -3.73. The third kappa shape index (κ3) is 6.21. The number of hydrogen-bond donors (Lipinski definition) is 2. The molecular weight excluding hydrogens is 488 g/mol. The molecule has 2 N–H and O–H groups in total. The number of methoxy groups -OCH3 is 1. The van der Waals surface area contributed by atoms with Crippen molar-refractivity contribution >= 4 is 22.9 Å². The molecule has 2 amide bonds. The Balaban J connectivity index is 1.49. The standard InChI is InChI=1S/C27H36N6O5/c1-15-22-17(13-33(6)32-22)10-20(23(15)37-14-36-7)24-28-12-21(16(2)29-24)25(34)30-18-8-9-19(11-18)31-26(35)38-27(3,4)5/h10,12-13,18-19H,8-9,11,14H2,1-7H3,(H,30,34)(H,31,35)/t18-,19-/m1/s1. The summed E-state index contributed by atoms with van der Waals surface area (Å²) in [5.41, 5.74) is 2.77. The third-order valence-electron chi connectivity index (χ3n) is 6.37. The Morgan fingerprint density at radius 3 is 2.53 bits per heavy atom. The summed E-state index contributed by atoms with van der Waals surface area (Å²) < 4.78 is 18.1. The van der Waals surface area contributed by atoms with E-state index in [1.807, 2.05) is 47.0 Å². The summed E-state index contributed by atoms with van der Waals surface area (Å²) in [6.45, 7) is 9.26. The minimum absolute atomic E-state index is 0.0500. The zero-order valence-corrected chi connectivity index (χ0v) is 23.0. The molecule has 1 aliphatic carbocycles. The topological polar surface area (TPSA) is 129 Å². The van der Waals surface area contributed by atoms with Gasteiger partial charge in [0.25, 0.3) is 5.91 Å². The highest BCUT2D eigenvalue weighted by molar-refractivity contribution is 5.95. The molecule has 0 unspecified atom stereocenters. The molecule has 0 radical (unpaired) electrons. The molecule has 0 saturated heterocycles. The summed E-state index contributed by atoms with van der Waals surface area (Å²) in [6.07, 6.45) is 5.18. The van der Waals surface area contributed by atoms with Crippen LogP contribution in [0.3, 0.4) is 0 Å². The fraction of sp³-hybridized carbons (Fsp3) is 0.519. The van der Waals surface area contributed by atoms with Crippen molar-refractivity contribution in [3.05, 3.63) is 35.3 Å². The zero-order valence-electron chi connectivity index (χ0n) is 23.0. The van der Waals surface area contributed by atoms with Gasteiger partial charge in [0.2, 0.25) is 0 Å². The number of carbonyl (C=O) groups is 2. The smallest absolute Gasteiger partial charge is 0.407 e. The van der Waals surface area contributed by atoms with Crippen LogP contribution in [0.2, 0.25) is 0 Å². The minimum Gasteiger partial charge on any atom is -0.466 e. The number of nitrogens with one attached hydrogen (secondary N) is 2. The number of aromatic nitrogens is 4. The van der Waals surface area contributed by atoms with E-state index in [1.165, 1.54) is 0 Å². The second kappa shape index (κ2) is 10.9. The van der Waals surface area contributed by atoms with Gasteiger partial charge in [-0.2, -0.15) is 5.10 Å². The van der Waals surface area contributed by atoms with Crippen LogP contribution in [-0.4, -0.2) is 63.3 Å². The molecule has 0 bridgehead atoms. The normalized spacial score (nSPS) is 17.4. The van der Waals surface area contributed by atoms with E-state index in [4.69, 9.17) is 14.2 Å². The number of hydrogen-bond acceptors (Lipinski definition) is 8. The maximum atomic E-state index is 13.1. The molecule has 1 aliphatic rings. The molecule has 2 heterocycles. The fourth-order valence-electron chi connectivity index (χ4n) is 4.71. The minimum atomic E-state index is -0.556. The van der Waals surface area contributed by atoms with E-state index in [1.54, 1.807) is 24.9 Å². The van der Waals surface area contributed by atoms with Gasteiger partial charge in [0.1, 0.15) is 11.4 Å². The molecule has 11 nitrogen and oxygen atoms in total. The van der Waals surface area contributed by atoms with Gasteiger partial charge in [-0.05, 0) is 59.9 Å². The van der Waals surface area contributed by atoms with E-state index in [9.17, 15) is 9.59 Å². The lowest BCUT2D eigenvalue weighted by Crippen LogP contribution is -2.39. The maximum Gasteiger partial charge on any atom is 0.407 e. The van der Waals surface area contributed by atoms with E-state index < -0.39 is 11.7 Å². The van der Waals surface area contributed by atoms with Gasteiger partial charge in [-0.25, -0.2) is 14.8 Å². The molecule has 4 rings (SSSR count). The number of ether oxygens (including phenoxy) is 3. The Bertz CT molecular complexity index is 1350. The number of rotatable bonds is 7. The highest BCUT2D eigenvalue weighted by atomic mass is 16.7. The van der Waals surface area contributed by atoms with Crippen LogP contribution < -0.4 is 15.4 Å². The predicted molar refractivity (Wildman–Crippen MR) is 142 cm³/mol. The van der Waals surface area contributed by atoms with Crippen LogP contribution in [0.4, 0.5) is 4.79 Å². The van der Waals surface area contributed by atoms with Crippen molar-refractivity contribution in [2.24, 2.45) is 7.05 Å². The fourth-order valence-corrected chi connectivity index (χ4v) is 4.71. The lowest BCUT2D eigenvalue weighted by atomic mass is 10.0. The van der Waals surface area contributed by atoms with Crippen LogP contribution in [0.5, 0.6) is 5.75 Å². The number of amides is 2. The molecular formula is C27H36N6O5. The van der Waals surface area contributed by atoms with Gasteiger partial charge in [0.15, 0.2) is 12.6 Å². The van der Waals surface area contributed by atoms with Crippen LogP contribution >= 0.6 is 0 Å². The first-order chi connectivity index (χ1) is 17.9. The molecule has 2 aromatic heterocycles. The van der Waals surface area contributed by atoms with Crippen LogP contribution in [0.1, 0.15) is 61.6 Å². The Labute approximate surface area is 222 Å². The van der Waals surface area contributed by atoms with Gasteiger partial charge in [0.05, 0.1) is 22.3 Å². The van der Waals surface area contributed by atoms with Gasteiger partial charge in [-0.3, -0.25) is 9.48 Å². The number of aryl methyl sites for hydroxylation is 3. The SMILES string of the molecule is COCOc1c(-c2ncc(C(=O)N[C@@H]3CC[C@@H](NC(=O)OC(C)(C)C)C3)c(C)n2)cc2cn(C)nc2c1C. The van der Waals surface area contributed by atoms with E-state index in [0.717, 1.165) is 29.3 Å². The number of alkyl carbamates (subject to hydrolysis) is 1. The van der Waals surface area contributed by atoms with Crippen molar-refractivity contribution in [1.29, 1.82) is 0 Å². The van der Waals surface area contributed by atoms with Crippen LogP contribution in [-0.2, 0) is 16.5 Å². The van der Waals surface area contributed by atoms with Crippen molar-refractivity contribution in [3.63, 3.8) is 0 Å². The van der Waals surface area contributed by atoms with Crippen molar-refractivity contribution in [2.45, 2.75) is 71.6 Å². The molecule has 1 fully saturated rings. The summed E-state index contributed by atoms with van der Waals surface area (Å²) in [6, 6.07) is 1.82. The molecule has 1 saturated carbocycles. The summed E-state index contributed by atoms with van der Waals surface area (Å²) >= 11 is 0. The van der Waals surface area contributed by atoms with E-state index in [0.29, 0.717) is 34.8 Å². The third-order valence-corrected chi connectivity index (χ3v) is 6.37. The first kappa shape index (κ1) is 27.3. The molecule has 0 spiro atoms. The van der Waals surface area contributed by atoms with Crippen LogP contribution in [0.25, 0.3) is 22.3 Å². The lowest BCUT2D eigenvalue weighted by molar-refractivity contribution is 0.0503. The van der Waals surface area contributed by atoms with Crippen molar-refractivity contribution in [2.75, 3.05) is 13.9 Å². The van der Waals surface area contributed by atoms with Gasteiger partial charge >= 0.3 is 6.09 Å². The average molecular weight is 525 g/mol. The van der Waals surface area contributed by atoms with Crippen LogP contribution in [0.15, 0.2) is 18.5 Å². The average Bonchev–Trinajstić information content (AvgIpc) is 3.42. The summed E-state index contributed by atoms with van der Waals surface area (Å²) in [4.78, 5) is 34.3. The molecule has 1 aromatic carbocycles. The quantitative estimate of drug-likeness (QED) is 0.447. The van der Waals surface area contributed by atoms with Crippen LogP contribution in [0, 0.1) is 13.8 Å². The maximum absolute atomic E-state index is 13.1. The largest absolute Gasteiger partial charge is 0.466 e. The molecule has 3 aromatic rings. The Morgan fingerprint density at radius 2 is 1.87 bits per heavy atom. The predicted octanol–water partition coefficient (Wildman–Crippen LogP) is 3.81. The van der Waals surface area contributed by atoms with Crippen molar-refractivity contribution in [3.8, 4) is 17.1 Å². The van der Waals surface area contributed by atoms with Crippen molar-refractivity contribution in [1.82, 2.24) is 30.4 Å². The molecule has 0 aliphatic heterocycles.